The van der Waals surface area contributed by atoms with Gasteiger partial charge in [0.15, 0.2) is 0 Å². The highest BCUT2D eigenvalue weighted by Gasteiger charge is 2.39. The first-order chi connectivity index (χ1) is 32.5. The number of fused-ring (bicyclic) bond motifs is 12. The molecule has 3 aromatic heterocycles. The van der Waals surface area contributed by atoms with Crippen LogP contribution in [0.3, 0.4) is 0 Å². The Morgan fingerprint density at radius 2 is 0.985 bits per heavy atom. The average molecular weight is 902 g/mol. The summed E-state index contributed by atoms with van der Waals surface area (Å²) in [6.45, 7) is 13.8. The summed E-state index contributed by atoms with van der Waals surface area (Å²) >= 11 is 3.79. The molecule has 0 radical (unpaired) electrons. The minimum absolute atomic E-state index is 0.0291. The Labute approximate surface area is 400 Å². The van der Waals surface area contributed by atoms with Crippen LogP contribution in [0.1, 0.15) is 64.2 Å². The number of allylic oxidation sites excluding steroid dienone is 2. The van der Waals surface area contributed by atoms with E-state index in [4.69, 9.17) is 0 Å². The van der Waals surface area contributed by atoms with Crippen molar-refractivity contribution in [2.24, 2.45) is 0 Å². The molecule has 3 nitrogen and oxygen atoms in total. The molecule has 1 aliphatic carbocycles. The molecule has 11 aromatic rings. The van der Waals surface area contributed by atoms with Gasteiger partial charge in [-0.25, -0.2) is 0 Å². The molecule has 4 heterocycles. The molecule has 5 heteroatoms. The highest BCUT2D eigenvalue weighted by molar-refractivity contribution is 7.26. The molecule has 8 aromatic carbocycles. The second kappa shape index (κ2) is 14.8. The van der Waals surface area contributed by atoms with Crippen molar-refractivity contribution in [1.29, 1.82) is 0 Å². The zero-order valence-corrected chi connectivity index (χ0v) is 40.3. The van der Waals surface area contributed by atoms with E-state index in [1.807, 2.05) is 22.7 Å². The second-order valence-corrected chi connectivity index (χ2v) is 22.8. The monoisotopic (exact) mass is 901 g/mol. The minimum Gasteiger partial charge on any atom is -0.333 e. The van der Waals surface area contributed by atoms with Gasteiger partial charge in [-0.2, -0.15) is 0 Å². The Bertz CT molecular complexity index is 3790. The Morgan fingerprint density at radius 1 is 0.433 bits per heavy atom. The highest BCUT2D eigenvalue weighted by Crippen LogP contribution is 2.53. The average Bonchev–Trinajstić information content (AvgIpc) is 4.07. The lowest BCUT2D eigenvalue weighted by Crippen LogP contribution is -2.28. The first-order valence-electron chi connectivity index (χ1n) is 23.6. The lowest BCUT2D eigenvalue weighted by molar-refractivity contribution is 0.590. The van der Waals surface area contributed by atoms with Gasteiger partial charge in [0, 0.05) is 79.8 Å². The molecule has 67 heavy (non-hydrogen) atoms. The zero-order chi connectivity index (χ0) is 45.3. The Kier molecular flexibility index (Phi) is 8.91. The number of thiophene rings is 2. The fraction of sp³-hybridized carbons (Fsp3) is 0.161. The Balaban J connectivity index is 1.11. The normalized spacial score (nSPS) is 16.1. The quantitative estimate of drug-likeness (QED) is 0.170. The van der Waals surface area contributed by atoms with E-state index in [0.29, 0.717) is 0 Å². The number of nitrogens with zero attached hydrogens (tertiary/aromatic N) is 3. The van der Waals surface area contributed by atoms with Crippen LogP contribution < -0.4 is 9.80 Å². The number of hydrogen-bond donors (Lipinski definition) is 0. The zero-order valence-electron chi connectivity index (χ0n) is 38.7. The van der Waals surface area contributed by atoms with E-state index in [1.54, 1.807) is 0 Å². The summed E-state index contributed by atoms with van der Waals surface area (Å²) in [4.78, 5) is 5.12. The van der Waals surface area contributed by atoms with Crippen LogP contribution in [0.2, 0.25) is 0 Å². The van der Waals surface area contributed by atoms with Crippen molar-refractivity contribution < 1.29 is 0 Å². The number of benzene rings is 8. The molecule has 2 unspecified atom stereocenters. The van der Waals surface area contributed by atoms with Gasteiger partial charge in [-0.05, 0) is 112 Å². The van der Waals surface area contributed by atoms with Crippen LogP contribution in [0.25, 0.3) is 67.8 Å². The maximum Gasteiger partial charge on any atom is 0.0629 e. The van der Waals surface area contributed by atoms with Gasteiger partial charge < -0.3 is 14.4 Å². The summed E-state index contributed by atoms with van der Waals surface area (Å²) in [5, 5.41) is 7.78. The number of para-hydroxylation sites is 1. The van der Waals surface area contributed by atoms with Crippen molar-refractivity contribution in [3.05, 3.63) is 205 Å². The van der Waals surface area contributed by atoms with E-state index in [2.05, 4.69) is 244 Å². The van der Waals surface area contributed by atoms with Gasteiger partial charge in [-0.15, -0.1) is 22.7 Å². The van der Waals surface area contributed by atoms with E-state index in [9.17, 15) is 0 Å². The van der Waals surface area contributed by atoms with E-state index in [0.717, 1.165) is 28.4 Å². The van der Waals surface area contributed by atoms with Crippen molar-refractivity contribution in [3.63, 3.8) is 0 Å². The summed E-state index contributed by atoms with van der Waals surface area (Å²) < 4.78 is 7.85. The van der Waals surface area contributed by atoms with Gasteiger partial charge in [0.2, 0.25) is 0 Å². The van der Waals surface area contributed by atoms with Crippen molar-refractivity contribution in [1.82, 2.24) is 4.57 Å². The topological polar surface area (TPSA) is 11.4 Å². The van der Waals surface area contributed by atoms with Crippen LogP contribution >= 0.6 is 22.7 Å². The number of rotatable bonds is 5. The van der Waals surface area contributed by atoms with Crippen LogP contribution in [0.4, 0.5) is 28.4 Å². The van der Waals surface area contributed by atoms with Gasteiger partial charge in [0.05, 0.1) is 28.5 Å². The molecule has 0 bridgehead atoms. The molecule has 1 aliphatic heterocycles. The van der Waals surface area contributed by atoms with Gasteiger partial charge in [0.25, 0.3) is 0 Å². The van der Waals surface area contributed by atoms with Gasteiger partial charge in [-0.1, -0.05) is 145 Å². The number of anilines is 5. The van der Waals surface area contributed by atoms with Crippen LogP contribution in [-0.4, -0.2) is 10.6 Å². The molecule has 2 atom stereocenters. The molecule has 0 amide bonds. The summed E-state index contributed by atoms with van der Waals surface area (Å²) in [7, 11) is 0. The van der Waals surface area contributed by atoms with E-state index in [-0.39, 0.29) is 22.8 Å². The van der Waals surface area contributed by atoms with Crippen LogP contribution in [0.15, 0.2) is 188 Å². The SMILES string of the molecule is CC(C)(C)c1ccc(N(c2ccc(C(C)(C)C)cc2)c2cc(N3c4cc5c(cc4C4C=CC=CC43)sc3ccccc35)cc(-n3c4ccccc4c4cc5sc6ccccc6c5cc43)c2)cc1. The van der Waals surface area contributed by atoms with Crippen LogP contribution in [0, 0.1) is 0 Å². The summed E-state index contributed by atoms with van der Waals surface area (Å²) in [5.74, 6) is 0.223. The number of hydrogen-bond acceptors (Lipinski definition) is 4. The number of aromatic nitrogens is 1. The maximum absolute atomic E-state index is 2.64. The van der Waals surface area contributed by atoms with Crippen molar-refractivity contribution in [2.75, 3.05) is 9.80 Å². The van der Waals surface area contributed by atoms with Crippen LogP contribution in [0.5, 0.6) is 0 Å². The molecule has 13 rings (SSSR count). The predicted molar refractivity (Wildman–Crippen MR) is 292 cm³/mol. The first-order valence-corrected chi connectivity index (χ1v) is 25.2. The summed E-state index contributed by atoms with van der Waals surface area (Å²) in [6.07, 6.45) is 9.31. The van der Waals surface area contributed by atoms with Crippen molar-refractivity contribution in [2.45, 2.75) is 64.3 Å². The highest BCUT2D eigenvalue weighted by atomic mass is 32.1. The molecular formula is C62H51N3S2. The molecule has 0 spiro atoms. The standard InChI is InChI=1S/C62H51N3S2/c1-61(2,3)38-23-27-40(28-24-38)63(41-29-25-39(26-30-41)62(4,5)6)42-31-43(64-53-19-11-7-15-45(53)49-36-59-51(34-55(49)64)47-17-9-13-21-57(47)66-59)33-44(32-42)65-54-20-12-8-16-46(54)50-37-60-52(35-56(50)65)48-18-10-14-22-58(48)67-60/h7-37,45,53H,1-6H3. The predicted octanol–water partition coefficient (Wildman–Crippen LogP) is 18.3. The molecule has 326 valence electrons. The Hall–Kier alpha value is -6.92. The lowest BCUT2D eigenvalue weighted by Gasteiger charge is -2.32. The largest absolute Gasteiger partial charge is 0.333 e. The second-order valence-electron chi connectivity index (χ2n) is 20.6. The van der Waals surface area contributed by atoms with Crippen molar-refractivity contribution in [3.8, 4) is 5.69 Å². The van der Waals surface area contributed by atoms with Gasteiger partial charge in [-0.3, -0.25) is 0 Å². The molecule has 0 N–H and O–H groups in total. The third-order valence-corrected chi connectivity index (χ3v) is 16.7. The molecule has 0 saturated carbocycles. The maximum atomic E-state index is 2.64. The van der Waals surface area contributed by atoms with Crippen molar-refractivity contribution >= 4 is 113 Å². The first kappa shape index (κ1) is 40.4. The third-order valence-electron chi connectivity index (χ3n) is 14.4. The molecule has 0 fully saturated rings. The van der Waals surface area contributed by atoms with E-state index in [1.165, 1.54) is 84.5 Å². The fourth-order valence-electron chi connectivity index (χ4n) is 11.0. The minimum atomic E-state index is 0.0291. The summed E-state index contributed by atoms with van der Waals surface area (Å²) in [5.41, 5.74) is 13.4. The Morgan fingerprint density at radius 3 is 1.63 bits per heavy atom. The molecule has 0 saturated heterocycles. The molecular weight excluding hydrogens is 851 g/mol. The fourth-order valence-corrected chi connectivity index (χ4v) is 13.2. The smallest absolute Gasteiger partial charge is 0.0629 e. The molecule has 2 aliphatic rings. The summed E-state index contributed by atoms with van der Waals surface area (Å²) in [6, 6.07) is 62.6. The van der Waals surface area contributed by atoms with Crippen LogP contribution in [-0.2, 0) is 10.8 Å². The van der Waals surface area contributed by atoms with E-state index < -0.39 is 0 Å². The van der Waals surface area contributed by atoms with E-state index >= 15 is 0 Å². The van der Waals surface area contributed by atoms with Gasteiger partial charge >= 0.3 is 0 Å². The third kappa shape index (κ3) is 6.43. The lowest BCUT2D eigenvalue weighted by atomic mass is 9.86. The van der Waals surface area contributed by atoms with Gasteiger partial charge in [0.1, 0.15) is 0 Å².